The molecule has 0 aromatic rings. The molecule has 0 aromatic carbocycles. The lowest BCUT2D eigenvalue weighted by Gasteiger charge is -2.23. The van der Waals surface area contributed by atoms with Crippen LogP contribution in [0.4, 0.5) is 0 Å². The van der Waals surface area contributed by atoms with Crippen LogP contribution in [0.15, 0.2) is 24.3 Å². The second kappa shape index (κ2) is 8.96. The van der Waals surface area contributed by atoms with E-state index in [2.05, 4.69) is 17.5 Å². The standard InChI is InChI=1S/C14H21NO.C2H6/c16-14(12-8-4-1-2-5-9-12)15-13-10-6-3-7-11-13;1-2/h4-5,8-9,12-13H,1-3,6-7,10-11H2,(H,15,16);1-2H3. The van der Waals surface area contributed by atoms with E-state index < -0.39 is 0 Å². The summed E-state index contributed by atoms with van der Waals surface area (Å²) in [5.41, 5.74) is 0. The molecule has 1 amide bonds. The minimum Gasteiger partial charge on any atom is -0.353 e. The largest absolute Gasteiger partial charge is 0.353 e. The molecule has 2 rings (SSSR count). The van der Waals surface area contributed by atoms with Gasteiger partial charge in [-0.15, -0.1) is 0 Å². The van der Waals surface area contributed by atoms with Crippen molar-refractivity contribution in [2.45, 2.75) is 64.8 Å². The van der Waals surface area contributed by atoms with Gasteiger partial charge in [0.15, 0.2) is 0 Å². The Morgan fingerprint density at radius 2 is 1.56 bits per heavy atom. The van der Waals surface area contributed by atoms with Gasteiger partial charge in [0, 0.05) is 6.04 Å². The van der Waals surface area contributed by atoms with Crippen molar-refractivity contribution in [3.8, 4) is 0 Å². The molecule has 2 heteroatoms. The van der Waals surface area contributed by atoms with Crippen molar-refractivity contribution < 1.29 is 4.79 Å². The van der Waals surface area contributed by atoms with Gasteiger partial charge in [0.2, 0.25) is 5.91 Å². The van der Waals surface area contributed by atoms with Gasteiger partial charge in [-0.1, -0.05) is 57.4 Å². The van der Waals surface area contributed by atoms with Crippen LogP contribution in [0.3, 0.4) is 0 Å². The molecule has 1 N–H and O–H groups in total. The number of carbonyl (C=O) groups is 1. The van der Waals surface area contributed by atoms with Crippen molar-refractivity contribution in [2.24, 2.45) is 5.92 Å². The van der Waals surface area contributed by atoms with Gasteiger partial charge in [-0.25, -0.2) is 0 Å². The van der Waals surface area contributed by atoms with Crippen LogP contribution in [-0.4, -0.2) is 11.9 Å². The molecule has 0 bridgehead atoms. The Hall–Kier alpha value is -1.05. The summed E-state index contributed by atoms with van der Waals surface area (Å²) >= 11 is 0. The first kappa shape index (κ1) is 15.0. The molecule has 0 aliphatic heterocycles. The summed E-state index contributed by atoms with van der Waals surface area (Å²) in [4.78, 5) is 12.0. The first-order chi connectivity index (χ1) is 8.86. The highest BCUT2D eigenvalue weighted by molar-refractivity contribution is 5.82. The van der Waals surface area contributed by atoms with E-state index in [0.717, 1.165) is 25.7 Å². The summed E-state index contributed by atoms with van der Waals surface area (Å²) < 4.78 is 0. The second-order valence-electron chi connectivity index (χ2n) is 4.80. The lowest BCUT2D eigenvalue weighted by molar-refractivity contribution is -0.123. The van der Waals surface area contributed by atoms with Gasteiger partial charge in [-0.2, -0.15) is 0 Å². The summed E-state index contributed by atoms with van der Waals surface area (Å²) in [6.45, 7) is 4.00. The minimum atomic E-state index is -0.0376. The molecule has 2 aliphatic rings. The predicted octanol–water partition coefficient (Wildman–Crippen LogP) is 3.98. The molecule has 0 aromatic heterocycles. The van der Waals surface area contributed by atoms with Gasteiger partial charge >= 0.3 is 0 Å². The molecular formula is C16H27NO. The van der Waals surface area contributed by atoms with E-state index in [1.165, 1.54) is 19.3 Å². The molecule has 102 valence electrons. The fraction of sp³-hybridized carbons (Fsp3) is 0.688. The maximum atomic E-state index is 12.0. The highest BCUT2D eigenvalue weighted by Gasteiger charge is 2.19. The Balaban J connectivity index is 0.000000771. The third-order valence-electron chi connectivity index (χ3n) is 3.44. The monoisotopic (exact) mass is 249 g/mol. The topological polar surface area (TPSA) is 29.1 Å². The quantitative estimate of drug-likeness (QED) is 0.737. The lowest BCUT2D eigenvalue weighted by Crippen LogP contribution is -2.39. The van der Waals surface area contributed by atoms with Gasteiger partial charge in [-0.3, -0.25) is 4.79 Å². The van der Waals surface area contributed by atoms with Crippen LogP contribution in [0.5, 0.6) is 0 Å². The molecule has 1 saturated carbocycles. The van der Waals surface area contributed by atoms with Crippen molar-refractivity contribution in [3.05, 3.63) is 24.3 Å². The Morgan fingerprint density at radius 1 is 1.00 bits per heavy atom. The van der Waals surface area contributed by atoms with Crippen molar-refractivity contribution >= 4 is 5.91 Å². The van der Waals surface area contributed by atoms with Crippen LogP contribution in [0.2, 0.25) is 0 Å². The van der Waals surface area contributed by atoms with Crippen LogP contribution in [0.1, 0.15) is 58.8 Å². The molecule has 0 saturated heterocycles. The number of hydrogen-bond acceptors (Lipinski definition) is 1. The fourth-order valence-corrected chi connectivity index (χ4v) is 2.46. The van der Waals surface area contributed by atoms with Crippen LogP contribution < -0.4 is 5.32 Å². The van der Waals surface area contributed by atoms with Crippen LogP contribution in [0.25, 0.3) is 0 Å². The molecule has 0 heterocycles. The van der Waals surface area contributed by atoms with E-state index in [-0.39, 0.29) is 11.8 Å². The van der Waals surface area contributed by atoms with Gasteiger partial charge in [0.25, 0.3) is 0 Å². The average Bonchev–Trinajstić information content (AvgIpc) is 2.71. The number of hydrogen-bond donors (Lipinski definition) is 1. The number of nitrogens with one attached hydrogen (secondary N) is 1. The molecule has 18 heavy (non-hydrogen) atoms. The lowest BCUT2D eigenvalue weighted by atomic mass is 9.95. The Bertz CT molecular complexity index is 273. The summed E-state index contributed by atoms with van der Waals surface area (Å²) in [6.07, 6.45) is 16.6. The van der Waals surface area contributed by atoms with E-state index in [0.29, 0.717) is 6.04 Å². The van der Waals surface area contributed by atoms with E-state index >= 15 is 0 Å². The normalized spacial score (nSPS) is 20.8. The van der Waals surface area contributed by atoms with Crippen molar-refractivity contribution in [1.29, 1.82) is 0 Å². The maximum Gasteiger partial charge on any atom is 0.230 e. The maximum absolute atomic E-state index is 12.0. The molecular weight excluding hydrogens is 222 g/mol. The molecule has 0 atom stereocenters. The van der Waals surface area contributed by atoms with Gasteiger partial charge in [0.1, 0.15) is 0 Å². The number of rotatable bonds is 2. The summed E-state index contributed by atoms with van der Waals surface area (Å²) in [5, 5.41) is 3.17. The fourth-order valence-electron chi connectivity index (χ4n) is 2.46. The van der Waals surface area contributed by atoms with E-state index in [9.17, 15) is 4.79 Å². The number of carbonyl (C=O) groups excluding carboxylic acids is 1. The first-order valence-corrected chi connectivity index (χ1v) is 7.50. The molecule has 0 unspecified atom stereocenters. The smallest absolute Gasteiger partial charge is 0.230 e. The van der Waals surface area contributed by atoms with Crippen LogP contribution >= 0.6 is 0 Å². The minimum absolute atomic E-state index is 0.0376. The average molecular weight is 249 g/mol. The Kier molecular flexibility index (Phi) is 7.47. The Morgan fingerprint density at radius 3 is 2.11 bits per heavy atom. The number of amides is 1. The molecule has 0 radical (unpaired) electrons. The molecule has 2 nitrogen and oxygen atoms in total. The van der Waals surface area contributed by atoms with Crippen molar-refractivity contribution in [1.82, 2.24) is 5.32 Å². The second-order valence-corrected chi connectivity index (χ2v) is 4.80. The highest BCUT2D eigenvalue weighted by Crippen LogP contribution is 2.18. The van der Waals surface area contributed by atoms with Gasteiger partial charge < -0.3 is 5.32 Å². The van der Waals surface area contributed by atoms with E-state index in [1.807, 2.05) is 26.0 Å². The van der Waals surface area contributed by atoms with Gasteiger partial charge in [0.05, 0.1) is 5.92 Å². The predicted molar refractivity (Wildman–Crippen MR) is 77.4 cm³/mol. The third kappa shape index (κ3) is 5.07. The highest BCUT2D eigenvalue weighted by atomic mass is 16.1. The van der Waals surface area contributed by atoms with E-state index in [1.54, 1.807) is 0 Å². The molecule has 2 aliphatic carbocycles. The first-order valence-electron chi connectivity index (χ1n) is 7.50. The summed E-state index contributed by atoms with van der Waals surface area (Å²) in [7, 11) is 0. The van der Waals surface area contributed by atoms with E-state index in [4.69, 9.17) is 0 Å². The Labute approximate surface area is 112 Å². The third-order valence-corrected chi connectivity index (χ3v) is 3.44. The molecule has 0 spiro atoms. The zero-order valence-electron chi connectivity index (χ0n) is 11.8. The molecule has 1 fully saturated rings. The van der Waals surface area contributed by atoms with Crippen LogP contribution in [0, 0.1) is 5.92 Å². The van der Waals surface area contributed by atoms with Crippen molar-refractivity contribution in [2.75, 3.05) is 0 Å². The van der Waals surface area contributed by atoms with Crippen LogP contribution in [-0.2, 0) is 4.79 Å². The zero-order valence-corrected chi connectivity index (χ0v) is 11.8. The number of allylic oxidation sites excluding steroid dienone is 2. The zero-order chi connectivity index (χ0) is 13.2. The SMILES string of the molecule is CC.O=C(NC1CCCCC1)C1C=CCCC=C1. The van der Waals surface area contributed by atoms with Crippen molar-refractivity contribution in [3.63, 3.8) is 0 Å². The summed E-state index contributed by atoms with van der Waals surface area (Å²) in [6, 6.07) is 0.423. The summed E-state index contributed by atoms with van der Waals surface area (Å²) in [5.74, 6) is 0.144. The van der Waals surface area contributed by atoms with Gasteiger partial charge in [-0.05, 0) is 25.7 Å².